The number of hydrogen-bond donors (Lipinski definition) is 2. The van der Waals surface area contributed by atoms with E-state index in [-0.39, 0.29) is 32.3 Å². The van der Waals surface area contributed by atoms with Gasteiger partial charge in [-0.3, -0.25) is 4.79 Å². The largest absolute Gasteiger partial charge is 0.455 e. The fourth-order valence-electron chi connectivity index (χ4n) is 9.55. The lowest BCUT2D eigenvalue weighted by Gasteiger charge is -2.34. The molecule has 31 heteroatoms. The number of carbonyl (C=O) groups is 4. The Morgan fingerprint density at radius 1 is 0.434 bits per heavy atom. The van der Waals surface area contributed by atoms with Crippen LogP contribution in [0.2, 0.25) is 173 Å². The van der Waals surface area contributed by atoms with Gasteiger partial charge in [0.25, 0.3) is 0 Å². The molecule has 0 saturated heterocycles. The highest BCUT2D eigenvalue weighted by atomic mass is 35.6. The van der Waals surface area contributed by atoms with Crippen LogP contribution in [0.5, 0.6) is 0 Å². The number of ketones is 3. The van der Waals surface area contributed by atoms with Gasteiger partial charge in [-0.25, -0.2) is 24.9 Å². The van der Waals surface area contributed by atoms with Gasteiger partial charge in [0, 0.05) is 86.3 Å². The highest BCUT2D eigenvalue weighted by Gasteiger charge is 2.35. The summed E-state index contributed by atoms with van der Waals surface area (Å²) < 4.78 is 26.0. The minimum Gasteiger partial charge on any atom is -0.455 e. The molecule has 1 aromatic carbocycles. The average molecular weight is 1760 g/mol. The molecule has 2 N–H and O–H groups in total. The predicted molar refractivity (Wildman–Crippen MR) is 498 cm³/mol. The maximum absolute atomic E-state index is 11.0. The number of hydrogen-bond acceptors (Lipinski definition) is 17. The average Bonchev–Trinajstić information content (AvgIpc) is 0.884. The molecule has 608 valence electrons. The van der Waals surface area contributed by atoms with Crippen molar-refractivity contribution in [1.29, 1.82) is 0 Å². The fourth-order valence-corrected chi connectivity index (χ4v) is 49.8. The quantitative estimate of drug-likeness (QED) is 0.0106. The first-order valence-corrected chi connectivity index (χ1v) is 72.9. The third kappa shape index (κ3) is 77.3. The highest BCUT2D eigenvalue weighted by molar-refractivity contribution is 7.99. The van der Waals surface area contributed by atoms with E-state index in [0.29, 0.717) is 29.8 Å². The molecule has 0 spiro atoms. The van der Waals surface area contributed by atoms with Crippen molar-refractivity contribution in [2.24, 2.45) is 0 Å². The molecule has 3 aromatic heterocycles. The van der Waals surface area contributed by atoms with Crippen molar-refractivity contribution in [2.45, 2.75) is 295 Å². The molecule has 3 heterocycles. The summed E-state index contributed by atoms with van der Waals surface area (Å²) in [5, 5.41) is 4.44. The van der Waals surface area contributed by atoms with Crippen molar-refractivity contribution >= 4 is 174 Å². The van der Waals surface area contributed by atoms with E-state index in [2.05, 4.69) is 222 Å². The van der Waals surface area contributed by atoms with E-state index in [0.717, 1.165) is 115 Å². The van der Waals surface area contributed by atoms with Crippen molar-refractivity contribution in [3.05, 3.63) is 127 Å². The summed E-state index contributed by atoms with van der Waals surface area (Å²) >= 11 is 22.3. The summed E-state index contributed by atoms with van der Waals surface area (Å²) in [5.41, 5.74) is 5.94. The second-order valence-corrected chi connectivity index (χ2v) is 83.5. The zero-order valence-corrected chi connectivity index (χ0v) is 83.5. The molecule has 4 rings (SSSR count). The van der Waals surface area contributed by atoms with Crippen LogP contribution in [0, 0.1) is 4.77 Å². The second kappa shape index (κ2) is 59.7. The Labute approximate surface area is 685 Å². The number of Topliss-reactive ketones (excluding diaryl/α,β-unsaturated/α-hetero) is 3. The lowest BCUT2D eigenvalue weighted by molar-refractivity contribution is -0.119. The summed E-state index contributed by atoms with van der Waals surface area (Å²) in [4.78, 5) is 68.1. The van der Waals surface area contributed by atoms with E-state index in [1.54, 1.807) is 87.5 Å². The van der Waals surface area contributed by atoms with Crippen LogP contribution in [0.3, 0.4) is 0 Å². The summed E-state index contributed by atoms with van der Waals surface area (Å²) in [5.74, 6) is 4.08. The SMILES string of the molecule is C.C.C=C[Si](C)(C)O[Si](C)(C)C=C.C=C[Si](C)(C)O[Si](C)(C)CCSc1ncccn1.CC(=O)CCCC[Si](C)(C)O[Si](C)(C)CCCCC(C)=O.CC(=O)CCCC[Si](C)(C)O[Si](C)(C)CCSc1ncccn1.CC(=O)NCCC[Si](C)(C)Cl.C[Si](C)(Cl)CCSc1ccccc1.S=c1nccc[nH]1. The molecular formula is C75H147Cl2N7O8S4Si10. The van der Waals surface area contributed by atoms with Crippen LogP contribution < -0.4 is 5.32 Å². The van der Waals surface area contributed by atoms with Gasteiger partial charge < -0.3 is 41.1 Å². The molecule has 0 aliphatic rings. The van der Waals surface area contributed by atoms with Gasteiger partial charge in [-0.1, -0.05) is 119 Å². The Morgan fingerprint density at radius 3 is 1.07 bits per heavy atom. The van der Waals surface area contributed by atoms with E-state index in [9.17, 15) is 19.2 Å². The number of H-pyrrole nitrogens is 1. The van der Waals surface area contributed by atoms with E-state index in [1.807, 2.05) is 47.1 Å². The molecule has 0 fully saturated rings. The second-order valence-electron chi connectivity index (χ2n) is 31.6. The maximum atomic E-state index is 11.0. The zero-order chi connectivity index (χ0) is 80.4. The van der Waals surface area contributed by atoms with E-state index in [4.69, 9.17) is 38.6 Å². The van der Waals surface area contributed by atoms with Crippen LogP contribution in [-0.4, -0.2) is 158 Å². The molecule has 15 nitrogen and oxygen atoms in total. The fraction of sp³-hybridized carbons (Fsp3) is 0.627. The number of nitrogens with one attached hydrogen (secondary N) is 2. The van der Waals surface area contributed by atoms with E-state index >= 15 is 0 Å². The van der Waals surface area contributed by atoms with E-state index in [1.165, 1.54) is 17.9 Å². The van der Waals surface area contributed by atoms with Crippen LogP contribution in [0.4, 0.5) is 0 Å². The monoisotopic (exact) mass is 1750 g/mol. The third-order valence-corrected chi connectivity index (χ3v) is 51.0. The number of thioether (sulfide) groups is 3. The van der Waals surface area contributed by atoms with Gasteiger partial charge in [0.15, 0.2) is 96.4 Å². The summed E-state index contributed by atoms with van der Waals surface area (Å²) in [6.45, 7) is 63.3. The van der Waals surface area contributed by atoms with Crippen molar-refractivity contribution in [3.63, 3.8) is 0 Å². The van der Waals surface area contributed by atoms with Crippen LogP contribution in [0.1, 0.15) is 107 Å². The first kappa shape index (κ1) is 113. The predicted octanol–water partition coefficient (Wildman–Crippen LogP) is 24.9. The number of rotatable bonds is 42. The van der Waals surface area contributed by atoms with Crippen molar-refractivity contribution in [2.75, 3.05) is 23.8 Å². The van der Waals surface area contributed by atoms with Gasteiger partial charge in [-0.05, 0) is 242 Å². The number of carbonyl (C=O) groups excluding carboxylic acids is 4. The lowest BCUT2D eigenvalue weighted by atomic mass is 10.2. The first-order valence-electron chi connectivity index (χ1n) is 36.6. The molecular weight excluding hydrogens is 1610 g/mol. The van der Waals surface area contributed by atoms with Gasteiger partial charge in [0.05, 0.1) is 0 Å². The summed E-state index contributed by atoms with van der Waals surface area (Å²) in [6, 6.07) is 23.8. The molecule has 0 saturated carbocycles. The topological polar surface area (TPSA) is 197 Å². The maximum Gasteiger partial charge on any atom is 0.216 e. The molecule has 0 atom stereocenters. The van der Waals surface area contributed by atoms with Crippen LogP contribution >= 0.6 is 69.7 Å². The lowest BCUT2D eigenvalue weighted by Crippen LogP contribution is -2.44. The number of unbranched alkanes of at least 4 members (excludes halogenated alkanes) is 3. The smallest absolute Gasteiger partial charge is 0.216 e. The van der Waals surface area contributed by atoms with E-state index < -0.39 is 81.3 Å². The number of benzene rings is 1. The van der Waals surface area contributed by atoms with Crippen molar-refractivity contribution in [1.82, 2.24) is 35.2 Å². The van der Waals surface area contributed by atoms with Crippen molar-refractivity contribution in [3.8, 4) is 0 Å². The Morgan fingerprint density at radius 2 is 0.764 bits per heavy atom. The number of aromatic nitrogens is 6. The Balaban J connectivity index is -0.000000383. The Hall–Kier alpha value is -1.98. The third-order valence-electron chi connectivity index (χ3n) is 14.9. The van der Waals surface area contributed by atoms with Gasteiger partial charge in [0.1, 0.15) is 17.3 Å². The van der Waals surface area contributed by atoms with Crippen molar-refractivity contribution < 1.29 is 35.6 Å². The Bertz CT molecular complexity index is 2990. The molecule has 0 aliphatic heterocycles. The molecule has 1 amide bonds. The van der Waals surface area contributed by atoms with Crippen LogP contribution in [0.25, 0.3) is 0 Å². The number of amides is 1. The molecule has 0 bridgehead atoms. The van der Waals surface area contributed by atoms with Crippen LogP contribution in [0.15, 0.2) is 138 Å². The molecule has 4 aromatic rings. The molecule has 0 unspecified atom stereocenters. The summed E-state index contributed by atoms with van der Waals surface area (Å²) in [7, 11) is -15.7. The van der Waals surface area contributed by atoms with Gasteiger partial charge in [-0.2, -0.15) is 22.2 Å². The normalized spacial score (nSPS) is 11.8. The number of nitrogens with zero attached hydrogens (tertiary/aromatic N) is 5. The summed E-state index contributed by atoms with van der Waals surface area (Å²) in [6.07, 6.45) is 19.9. The number of halogens is 2. The Kier molecular flexibility index (Phi) is 63.4. The van der Waals surface area contributed by atoms with Crippen LogP contribution in [-0.2, 0) is 35.6 Å². The minimum absolute atomic E-state index is 0. The minimum atomic E-state index is -1.66. The van der Waals surface area contributed by atoms with Gasteiger partial charge >= 0.3 is 0 Å². The highest BCUT2D eigenvalue weighted by Crippen LogP contribution is 2.29. The first-order chi connectivity index (χ1) is 47.8. The van der Waals surface area contributed by atoms with Gasteiger partial charge in [0.2, 0.25) is 5.91 Å². The molecule has 0 radical (unpaired) electrons. The molecule has 106 heavy (non-hydrogen) atoms. The zero-order valence-electron chi connectivity index (χ0n) is 68.7. The van der Waals surface area contributed by atoms with Gasteiger partial charge in [-0.15, -0.1) is 31.5 Å². The standard InChI is InChI=1S/C16H30N2O2SSi2.C16H34O3Si2.C12H22N2OSSi2.C10H15ClSSi.C8H18OSi2.C7H16ClNOSi.C4H4N2S.2CH4/c1-15(19)9-6-7-13-22(2,3)20-23(4,5)14-12-21-16-17-10-8-11-18-16;1-15(17)11-7-9-13-20(3,4)19-21(5,6)14-10-8-12-16(2)18;1-6-17(2,3)15-18(4,5)11-10-16-12-13-8-7-9-14-12;1-13(2,11)9-8-12-10-6-4-3-5-7-10;1-7-10(3,4)9-11(5,6)8-2;1-7(10)9-5-4-6-11(2,3)8;7-4-5-2-1-3-6-4;;/h8,10-11H,6-7,9,12-14H2,1-5H3;7-14H2,1-6H3;6-9H,1,10-11H2,2-5H3;3-7H,8-9H2,1-2H3;7-8H,1-2H2,3-6H3;4-6H2,1-3H3,(H,9,10);1-3H,(H,5,6,7);2*1H4. The molecule has 0 aliphatic carbocycles. The number of aromatic amines is 1.